The van der Waals surface area contributed by atoms with Crippen molar-refractivity contribution < 1.29 is 8.83 Å². The number of nitrogens with zero attached hydrogens (tertiary/aromatic N) is 1. The van der Waals surface area contributed by atoms with Crippen molar-refractivity contribution in [3.8, 4) is 0 Å². The summed E-state index contributed by atoms with van der Waals surface area (Å²) in [6.45, 7) is 8.87. The summed E-state index contributed by atoms with van der Waals surface area (Å²) < 4.78 is 15.2. The van der Waals surface area contributed by atoms with Gasteiger partial charge in [-0.2, -0.15) is 0 Å². The SMILES string of the molecule is Brc1cccc2c1oc1c(Br)cccc12.CC(C)C1=C(Nc2ccccc2)C=[C+]C=C1.CC(C)c1ccccc1N(c1ccccc1)c1cccc2c1oc1c(Br)cccc12. The number of benzene rings is 7. The number of hydrogen-bond acceptors (Lipinski definition) is 4. The molecule has 61 heavy (non-hydrogen) atoms. The van der Waals surface area contributed by atoms with Gasteiger partial charge in [0.15, 0.2) is 11.3 Å². The van der Waals surface area contributed by atoms with Gasteiger partial charge in [-0.05, 0) is 114 Å². The van der Waals surface area contributed by atoms with E-state index in [1.807, 2.05) is 60.7 Å². The number of halogens is 3. The van der Waals surface area contributed by atoms with Crippen molar-refractivity contribution in [2.75, 3.05) is 10.2 Å². The maximum absolute atomic E-state index is 6.45. The number of furan rings is 2. The number of rotatable bonds is 7. The molecule has 0 aliphatic heterocycles. The van der Waals surface area contributed by atoms with E-state index in [2.05, 4.69) is 207 Å². The zero-order chi connectivity index (χ0) is 42.5. The summed E-state index contributed by atoms with van der Waals surface area (Å²) in [5, 5.41) is 7.94. The number of fused-ring (bicyclic) bond motifs is 6. The van der Waals surface area contributed by atoms with Crippen LogP contribution in [0.3, 0.4) is 0 Å². The molecule has 2 aromatic heterocycles. The van der Waals surface area contributed by atoms with Gasteiger partial charge in [0.1, 0.15) is 28.9 Å². The average Bonchev–Trinajstić information content (AvgIpc) is 3.87. The lowest BCUT2D eigenvalue weighted by atomic mass is 9.97. The zero-order valence-electron chi connectivity index (χ0n) is 34.3. The van der Waals surface area contributed by atoms with Crippen LogP contribution in [-0.4, -0.2) is 0 Å². The Balaban J connectivity index is 0.000000139. The van der Waals surface area contributed by atoms with Gasteiger partial charge in [0, 0.05) is 44.9 Å². The maximum atomic E-state index is 6.45. The molecular formula is C54H44Br3N2O2+. The third kappa shape index (κ3) is 9.03. The molecule has 0 saturated carbocycles. The Morgan fingerprint density at radius 1 is 0.492 bits per heavy atom. The van der Waals surface area contributed by atoms with Crippen LogP contribution in [0.15, 0.2) is 209 Å². The number of allylic oxidation sites excluding steroid dienone is 5. The van der Waals surface area contributed by atoms with Crippen molar-refractivity contribution in [3.05, 3.63) is 212 Å². The predicted molar refractivity (Wildman–Crippen MR) is 268 cm³/mol. The van der Waals surface area contributed by atoms with Crippen LogP contribution in [-0.2, 0) is 0 Å². The summed E-state index contributed by atoms with van der Waals surface area (Å²) in [5.41, 5.74) is 11.8. The molecule has 1 aliphatic rings. The molecule has 0 saturated heterocycles. The van der Waals surface area contributed by atoms with E-state index in [1.165, 1.54) is 16.8 Å². The van der Waals surface area contributed by atoms with Gasteiger partial charge in [0.2, 0.25) is 0 Å². The highest BCUT2D eigenvalue weighted by molar-refractivity contribution is 9.11. The first-order valence-corrected chi connectivity index (χ1v) is 22.7. The van der Waals surface area contributed by atoms with Crippen molar-refractivity contribution >= 4 is 114 Å². The largest absolute Gasteiger partial charge is 0.454 e. The van der Waals surface area contributed by atoms with Gasteiger partial charge in [-0.25, -0.2) is 0 Å². The fourth-order valence-corrected chi connectivity index (χ4v) is 8.94. The molecule has 0 spiro atoms. The Kier molecular flexibility index (Phi) is 13.0. The first-order valence-electron chi connectivity index (χ1n) is 20.3. The second kappa shape index (κ2) is 18.9. The van der Waals surface area contributed by atoms with Crippen LogP contribution < -0.4 is 10.2 Å². The van der Waals surface area contributed by atoms with Gasteiger partial charge in [-0.1, -0.05) is 131 Å². The molecule has 0 radical (unpaired) electrons. The highest BCUT2D eigenvalue weighted by atomic mass is 79.9. The summed E-state index contributed by atoms with van der Waals surface area (Å²) in [5.74, 6) is 0.914. The summed E-state index contributed by atoms with van der Waals surface area (Å²) in [7, 11) is 0. The number of anilines is 4. The second-order valence-electron chi connectivity index (χ2n) is 15.3. The van der Waals surface area contributed by atoms with Crippen LogP contribution in [0.5, 0.6) is 0 Å². The van der Waals surface area contributed by atoms with Crippen molar-refractivity contribution in [1.29, 1.82) is 0 Å². The molecule has 0 atom stereocenters. The minimum Gasteiger partial charge on any atom is -0.454 e. The zero-order valence-corrected chi connectivity index (χ0v) is 39.1. The fraction of sp³-hybridized carbons (Fsp3) is 0.111. The van der Waals surface area contributed by atoms with Crippen LogP contribution >= 0.6 is 47.8 Å². The van der Waals surface area contributed by atoms with E-state index in [-0.39, 0.29) is 0 Å². The van der Waals surface area contributed by atoms with Crippen LogP contribution in [0, 0.1) is 12.0 Å². The molecule has 0 amide bonds. The molecule has 4 nitrogen and oxygen atoms in total. The molecule has 7 aromatic carbocycles. The summed E-state index contributed by atoms with van der Waals surface area (Å²) in [6, 6.07) is 54.1. The van der Waals surface area contributed by atoms with Gasteiger partial charge in [-0.15, -0.1) is 0 Å². The van der Waals surface area contributed by atoms with Crippen LogP contribution in [0.25, 0.3) is 43.9 Å². The lowest BCUT2D eigenvalue weighted by Crippen LogP contribution is -2.12. The van der Waals surface area contributed by atoms with E-state index in [0.29, 0.717) is 11.8 Å². The van der Waals surface area contributed by atoms with Crippen molar-refractivity contribution in [2.45, 2.75) is 33.6 Å². The molecular weight excluding hydrogens is 948 g/mol. The minimum atomic E-state index is 0.399. The Labute approximate surface area is 382 Å². The average molecular weight is 993 g/mol. The Hall–Kier alpha value is -5.69. The molecule has 1 aliphatic carbocycles. The van der Waals surface area contributed by atoms with E-state index >= 15 is 0 Å². The third-order valence-corrected chi connectivity index (χ3v) is 12.4. The van der Waals surface area contributed by atoms with Gasteiger partial charge >= 0.3 is 0 Å². The molecule has 2 heterocycles. The minimum absolute atomic E-state index is 0.399. The second-order valence-corrected chi connectivity index (χ2v) is 17.8. The summed E-state index contributed by atoms with van der Waals surface area (Å²) in [6.07, 6.45) is 9.20. The smallest absolute Gasteiger partial charge is 0.159 e. The van der Waals surface area contributed by atoms with Crippen molar-refractivity contribution in [2.24, 2.45) is 5.92 Å². The highest BCUT2D eigenvalue weighted by Gasteiger charge is 2.22. The third-order valence-electron chi connectivity index (χ3n) is 10.5. The molecule has 9 aromatic rings. The first-order chi connectivity index (χ1) is 29.7. The summed E-state index contributed by atoms with van der Waals surface area (Å²) in [4.78, 5) is 2.31. The van der Waals surface area contributed by atoms with E-state index in [1.54, 1.807) is 0 Å². The standard InChI is InChI=1S/C27H22BrNO.C15H16N.C12H6Br2O/c1-18(2)20-12-6-7-16-24(20)29(19-10-4-3-5-11-19)25-17-9-14-22-21-13-8-15-23(28)26(21)30-27(22)25;1-12(2)14-10-6-7-11-15(14)16-13-8-4-3-5-9-13;13-9-5-1-3-7-8-4-2-6-10(14)12(8)15-11(7)9/h3-18H,1-2H3;3-6,8-12,16H,1-2H3;1-6H/q;+1;. The lowest BCUT2D eigenvalue weighted by molar-refractivity contribution is 0.664. The van der Waals surface area contributed by atoms with Gasteiger partial charge < -0.3 is 19.1 Å². The molecule has 7 heteroatoms. The van der Waals surface area contributed by atoms with E-state index in [9.17, 15) is 0 Å². The van der Waals surface area contributed by atoms with Crippen LogP contribution in [0.2, 0.25) is 0 Å². The normalized spacial score (nSPS) is 12.1. The highest BCUT2D eigenvalue weighted by Crippen LogP contribution is 2.45. The fourth-order valence-electron chi connectivity index (χ4n) is 7.59. The van der Waals surface area contributed by atoms with E-state index in [4.69, 9.17) is 8.83 Å². The van der Waals surface area contributed by atoms with Crippen LogP contribution in [0.1, 0.15) is 39.2 Å². The van der Waals surface area contributed by atoms with Gasteiger partial charge in [0.05, 0.1) is 36.4 Å². The molecule has 10 rings (SSSR count). The van der Waals surface area contributed by atoms with E-state index < -0.39 is 0 Å². The Morgan fingerprint density at radius 3 is 1.52 bits per heavy atom. The number of hydrogen-bond donors (Lipinski definition) is 1. The molecule has 0 unspecified atom stereocenters. The summed E-state index contributed by atoms with van der Waals surface area (Å²) >= 11 is 10.6. The van der Waals surface area contributed by atoms with Crippen molar-refractivity contribution in [3.63, 3.8) is 0 Å². The topological polar surface area (TPSA) is 41.6 Å². The quantitative estimate of drug-likeness (QED) is 0.162. The van der Waals surface area contributed by atoms with Crippen LogP contribution in [0.4, 0.5) is 22.7 Å². The number of para-hydroxylation sites is 7. The van der Waals surface area contributed by atoms with Gasteiger partial charge in [-0.3, -0.25) is 0 Å². The molecule has 0 bridgehead atoms. The molecule has 0 fully saturated rings. The Bertz CT molecular complexity index is 2990. The van der Waals surface area contributed by atoms with Gasteiger partial charge in [0.25, 0.3) is 0 Å². The monoisotopic (exact) mass is 989 g/mol. The lowest BCUT2D eigenvalue weighted by Gasteiger charge is -2.28. The first kappa shape index (κ1) is 42.0. The van der Waals surface area contributed by atoms with E-state index in [0.717, 1.165) is 80.1 Å². The van der Waals surface area contributed by atoms with Crippen molar-refractivity contribution in [1.82, 2.24) is 0 Å². The maximum Gasteiger partial charge on any atom is 0.159 e. The molecule has 302 valence electrons. The Morgan fingerprint density at radius 2 is 0.967 bits per heavy atom. The number of nitrogens with one attached hydrogen (secondary N) is 1. The molecule has 1 N–H and O–H groups in total. The predicted octanol–water partition coefficient (Wildman–Crippen LogP) is 18.0.